The molecular formula is C51H29N3O3. The van der Waals surface area contributed by atoms with Crippen molar-refractivity contribution in [3.8, 4) is 56.4 Å². The minimum absolute atomic E-state index is 0.586. The normalized spacial score (nSPS) is 11.9. The number of aromatic nitrogens is 3. The Morgan fingerprint density at radius 2 is 0.807 bits per heavy atom. The minimum atomic E-state index is 0.586. The van der Waals surface area contributed by atoms with Crippen LogP contribution in [-0.2, 0) is 0 Å². The van der Waals surface area contributed by atoms with Gasteiger partial charge in [-0.05, 0) is 59.2 Å². The molecular weight excluding hydrogens is 703 g/mol. The quantitative estimate of drug-likeness (QED) is 0.175. The van der Waals surface area contributed by atoms with Crippen molar-refractivity contribution in [2.24, 2.45) is 0 Å². The van der Waals surface area contributed by atoms with Crippen molar-refractivity contribution in [1.29, 1.82) is 0 Å². The molecule has 12 rings (SSSR count). The van der Waals surface area contributed by atoms with Crippen molar-refractivity contribution in [3.05, 3.63) is 176 Å². The summed E-state index contributed by atoms with van der Waals surface area (Å²) >= 11 is 0. The van der Waals surface area contributed by atoms with E-state index in [2.05, 4.69) is 84.9 Å². The molecule has 0 saturated carbocycles. The van der Waals surface area contributed by atoms with Gasteiger partial charge in [0.2, 0.25) is 0 Å². The fourth-order valence-electron chi connectivity index (χ4n) is 8.29. The van der Waals surface area contributed by atoms with Crippen LogP contribution < -0.4 is 0 Å². The molecule has 0 radical (unpaired) electrons. The summed E-state index contributed by atoms with van der Waals surface area (Å²) in [5, 5.41) is 6.34. The number of benzene rings is 8. The Kier molecular flexibility index (Phi) is 6.83. The average Bonchev–Trinajstić information content (AvgIpc) is 3.98. The van der Waals surface area contributed by atoms with Gasteiger partial charge in [-0.25, -0.2) is 15.0 Å². The van der Waals surface area contributed by atoms with E-state index in [1.165, 1.54) is 0 Å². The maximum Gasteiger partial charge on any atom is 0.164 e. The Labute approximate surface area is 325 Å². The van der Waals surface area contributed by atoms with Crippen LogP contribution in [0, 0.1) is 0 Å². The van der Waals surface area contributed by atoms with Gasteiger partial charge in [-0.3, -0.25) is 0 Å². The molecule has 0 N–H and O–H groups in total. The molecule has 6 nitrogen and oxygen atoms in total. The second-order valence-corrected chi connectivity index (χ2v) is 14.3. The lowest BCUT2D eigenvalue weighted by Crippen LogP contribution is -2.00. The van der Waals surface area contributed by atoms with Crippen molar-refractivity contribution in [1.82, 2.24) is 15.0 Å². The Morgan fingerprint density at radius 3 is 1.58 bits per heavy atom. The fourth-order valence-corrected chi connectivity index (χ4v) is 8.29. The first-order chi connectivity index (χ1) is 28.2. The van der Waals surface area contributed by atoms with E-state index >= 15 is 0 Å². The van der Waals surface area contributed by atoms with Gasteiger partial charge >= 0.3 is 0 Å². The highest BCUT2D eigenvalue weighted by molar-refractivity contribution is 6.17. The van der Waals surface area contributed by atoms with Crippen LogP contribution in [0.5, 0.6) is 0 Å². The summed E-state index contributed by atoms with van der Waals surface area (Å²) < 4.78 is 19.2. The van der Waals surface area contributed by atoms with E-state index in [1.807, 2.05) is 91.0 Å². The summed E-state index contributed by atoms with van der Waals surface area (Å²) in [5.74, 6) is 1.78. The van der Waals surface area contributed by atoms with Gasteiger partial charge in [-0.1, -0.05) is 133 Å². The molecule has 6 heteroatoms. The lowest BCUT2D eigenvalue weighted by molar-refractivity contribution is 0.668. The first kappa shape index (κ1) is 31.5. The van der Waals surface area contributed by atoms with Gasteiger partial charge in [-0.2, -0.15) is 0 Å². The molecule has 0 unspecified atom stereocenters. The van der Waals surface area contributed by atoms with Gasteiger partial charge in [0.1, 0.15) is 33.5 Å². The molecule has 0 aliphatic rings. The van der Waals surface area contributed by atoms with Crippen LogP contribution in [0.1, 0.15) is 0 Å². The molecule has 0 aliphatic heterocycles. The van der Waals surface area contributed by atoms with Crippen LogP contribution >= 0.6 is 0 Å². The molecule has 0 fully saturated rings. The summed E-state index contributed by atoms with van der Waals surface area (Å²) in [7, 11) is 0. The Balaban J connectivity index is 0.994. The van der Waals surface area contributed by atoms with Crippen LogP contribution in [0.3, 0.4) is 0 Å². The highest BCUT2D eigenvalue weighted by atomic mass is 16.3. The number of para-hydroxylation sites is 3. The minimum Gasteiger partial charge on any atom is -0.456 e. The Morgan fingerprint density at radius 1 is 0.281 bits per heavy atom. The molecule has 0 amide bonds. The van der Waals surface area contributed by atoms with Gasteiger partial charge in [0.05, 0.1) is 0 Å². The smallest absolute Gasteiger partial charge is 0.164 e. The van der Waals surface area contributed by atoms with E-state index in [-0.39, 0.29) is 0 Å². The highest BCUT2D eigenvalue weighted by Crippen LogP contribution is 2.43. The van der Waals surface area contributed by atoms with Crippen molar-refractivity contribution in [2.45, 2.75) is 0 Å². The lowest BCUT2D eigenvalue weighted by atomic mass is 9.94. The average molecular weight is 732 g/mol. The van der Waals surface area contributed by atoms with Crippen LogP contribution in [0.4, 0.5) is 0 Å². The van der Waals surface area contributed by atoms with Crippen LogP contribution in [0.15, 0.2) is 189 Å². The van der Waals surface area contributed by atoms with Crippen molar-refractivity contribution in [2.75, 3.05) is 0 Å². The van der Waals surface area contributed by atoms with Crippen LogP contribution in [0.25, 0.3) is 122 Å². The summed E-state index contributed by atoms with van der Waals surface area (Å²) in [6.07, 6.45) is 0. The molecule has 57 heavy (non-hydrogen) atoms. The fraction of sp³-hybridized carbons (Fsp3) is 0. The molecule has 0 bridgehead atoms. The van der Waals surface area contributed by atoms with Crippen molar-refractivity contribution in [3.63, 3.8) is 0 Å². The predicted molar refractivity (Wildman–Crippen MR) is 229 cm³/mol. The molecule has 4 heterocycles. The second-order valence-electron chi connectivity index (χ2n) is 14.3. The third kappa shape index (κ3) is 5.01. The van der Waals surface area contributed by atoms with Gasteiger partial charge < -0.3 is 13.3 Å². The molecule has 266 valence electrons. The standard InChI is InChI=1S/C51H29N3O3/c1-2-11-31(12-3-1)49-52-50(54-51(53-49)40-16-10-20-44-46(40)38-14-5-8-18-42(38)55-44)32-23-21-30(22-24-32)34-27-28-35(48-47(34)39-15-6-9-19-43(39)57-48)33-25-26-37-36-13-4-7-17-41(36)56-45(37)29-33/h1-29H. The summed E-state index contributed by atoms with van der Waals surface area (Å²) in [4.78, 5) is 15.2. The van der Waals surface area contributed by atoms with Gasteiger partial charge in [0.15, 0.2) is 17.5 Å². The first-order valence-corrected chi connectivity index (χ1v) is 18.9. The molecule has 4 aromatic heterocycles. The number of nitrogens with zero attached hydrogens (tertiary/aromatic N) is 3. The Hall–Kier alpha value is -7.83. The summed E-state index contributed by atoms with van der Waals surface area (Å²) in [5.41, 5.74) is 11.9. The number of hydrogen-bond acceptors (Lipinski definition) is 6. The van der Waals surface area contributed by atoms with E-state index < -0.39 is 0 Å². The second kappa shape index (κ2) is 12.3. The molecule has 0 aliphatic carbocycles. The molecule has 8 aromatic carbocycles. The largest absolute Gasteiger partial charge is 0.456 e. The summed E-state index contributed by atoms with van der Waals surface area (Å²) in [6.45, 7) is 0. The highest BCUT2D eigenvalue weighted by Gasteiger charge is 2.20. The molecule has 12 aromatic rings. The van der Waals surface area contributed by atoms with Crippen LogP contribution in [-0.4, -0.2) is 15.0 Å². The predicted octanol–water partition coefficient (Wildman–Crippen LogP) is 13.9. The third-order valence-electron chi connectivity index (χ3n) is 11.0. The van der Waals surface area contributed by atoms with E-state index in [0.717, 1.165) is 105 Å². The molecule has 0 spiro atoms. The van der Waals surface area contributed by atoms with Crippen LogP contribution in [0.2, 0.25) is 0 Å². The van der Waals surface area contributed by atoms with E-state index in [4.69, 9.17) is 28.2 Å². The van der Waals surface area contributed by atoms with E-state index in [0.29, 0.717) is 17.5 Å². The number of fused-ring (bicyclic) bond motifs is 9. The first-order valence-electron chi connectivity index (χ1n) is 18.9. The third-order valence-corrected chi connectivity index (χ3v) is 11.0. The maximum atomic E-state index is 6.66. The zero-order valence-electron chi connectivity index (χ0n) is 30.3. The zero-order valence-corrected chi connectivity index (χ0v) is 30.3. The van der Waals surface area contributed by atoms with Gasteiger partial charge in [0.25, 0.3) is 0 Å². The number of furan rings is 3. The molecule has 0 atom stereocenters. The SMILES string of the molecule is c1ccc(-c2nc(-c3ccc(-c4ccc(-c5ccc6c(c5)oc5ccccc56)c5oc6ccccc6c45)cc3)nc(-c3cccc4oc5ccccc5c34)n2)cc1. The maximum absolute atomic E-state index is 6.66. The van der Waals surface area contributed by atoms with Gasteiger partial charge in [-0.15, -0.1) is 0 Å². The van der Waals surface area contributed by atoms with Crippen molar-refractivity contribution >= 4 is 65.8 Å². The Bertz CT molecular complexity index is 3520. The number of hydrogen-bond donors (Lipinski definition) is 0. The van der Waals surface area contributed by atoms with E-state index in [9.17, 15) is 0 Å². The van der Waals surface area contributed by atoms with E-state index in [1.54, 1.807) is 0 Å². The lowest BCUT2D eigenvalue weighted by Gasteiger charge is -2.11. The zero-order chi connectivity index (χ0) is 37.5. The van der Waals surface area contributed by atoms with Crippen molar-refractivity contribution < 1.29 is 13.3 Å². The monoisotopic (exact) mass is 731 g/mol. The number of rotatable bonds is 5. The van der Waals surface area contributed by atoms with Gasteiger partial charge in [0, 0.05) is 54.6 Å². The molecule has 0 saturated heterocycles. The topological polar surface area (TPSA) is 78.1 Å². The summed E-state index contributed by atoms with van der Waals surface area (Å²) in [6, 6.07) is 59.8.